The summed E-state index contributed by atoms with van der Waals surface area (Å²) < 4.78 is 0. The van der Waals surface area contributed by atoms with Crippen LogP contribution in [0.2, 0.25) is 0 Å². The zero-order valence-corrected chi connectivity index (χ0v) is 18.8. The summed E-state index contributed by atoms with van der Waals surface area (Å²) in [5, 5.41) is 14.2. The molecule has 5 fully saturated rings. The van der Waals surface area contributed by atoms with Gasteiger partial charge in [0.05, 0.1) is 0 Å². The Hall–Kier alpha value is -1.07. The monoisotopic (exact) mass is 415 g/mol. The average Bonchev–Trinajstić information content (AvgIpc) is 3.34. The normalized spacial score (nSPS) is 40.7. The third-order valence-corrected chi connectivity index (χ3v) is 9.24. The number of aliphatic hydroxyl groups is 1. The maximum Gasteiger partial charge on any atom is 0.254 e. The molecule has 1 amide bonds. The summed E-state index contributed by atoms with van der Waals surface area (Å²) >= 11 is 0. The van der Waals surface area contributed by atoms with Gasteiger partial charge in [0.25, 0.3) is 5.91 Å². The first-order valence-electron chi connectivity index (χ1n) is 12.7. The predicted molar refractivity (Wildman–Crippen MR) is 119 cm³/mol. The molecule has 2 aliphatic heterocycles. The quantitative estimate of drug-likeness (QED) is 0.741. The van der Waals surface area contributed by atoms with E-state index in [0.29, 0.717) is 24.7 Å². The van der Waals surface area contributed by atoms with Crippen molar-refractivity contribution in [1.29, 1.82) is 0 Å². The van der Waals surface area contributed by atoms with E-state index in [-0.39, 0.29) is 5.91 Å². The third-order valence-electron chi connectivity index (χ3n) is 9.24. The maximum absolute atomic E-state index is 12.4. The lowest BCUT2D eigenvalue weighted by Crippen LogP contribution is -2.53. The van der Waals surface area contributed by atoms with Crippen LogP contribution in [0.25, 0.3) is 0 Å². The fraction of sp³-hybridized carbons (Fsp3) is 0.880. The zero-order chi connectivity index (χ0) is 20.9. The Kier molecular flexibility index (Phi) is 5.64. The summed E-state index contributed by atoms with van der Waals surface area (Å²) in [5.41, 5.74) is 0.267. The number of carbonyl (C=O) groups excluding carboxylic acids is 1. The molecule has 6 atom stereocenters. The molecule has 2 saturated heterocycles. The molecule has 5 nitrogen and oxygen atoms in total. The second-order valence-corrected chi connectivity index (χ2v) is 11.1. The van der Waals surface area contributed by atoms with E-state index in [0.717, 1.165) is 50.1 Å². The van der Waals surface area contributed by atoms with Crippen molar-refractivity contribution >= 4 is 5.91 Å². The molecule has 0 bridgehead atoms. The minimum atomic E-state index is -1.03. The van der Waals surface area contributed by atoms with Crippen LogP contribution in [0.15, 0.2) is 12.3 Å². The lowest BCUT2D eigenvalue weighted by Gasteiger charge is -2.46. The number of hydrogen-bond donors (Lipinski definition) is 2. The van der Waals surface area contributed by atoms with E-state index in [1.807, 2.05) is 4.90 Å². The topological polar surface area (TPSA) is 55.8 Å². The van der Waals surface area contributed by atoms with Gasteiger partial charge in [-0.1, -0.05) is 19.9 Å². The van der Waals surface area contributed by atoms with E-state index in [2.05, 4.69) is 23.7 Å². The molecule has 6 unspecified atom stereocenters. The molecular formula is C25H41N3O2. The van der Waals surface area contributed by atoms with E-state index in [1.54, 1.807) is 0 Å². The first kappa shape index (κ1) is 20.8. The fourth-order valence-corrected chi connectivity index (χ4v) is 7.08. The summed E-state index contributed by atoms with van der Waals surface area (Å²) in [7, 11) is 0. The van der Waals surface area contributed by atoms with E-state index in [9.17, 15) is 9.90 Å². The van der Waals surface area contributed by atoms with Crippen molar-refractivity contribution in [3.63, 3.8) is 0 Å². The second kappa shape index (κ2) is 8.12. The molecule has 0 aromatic carbocycles. The van der Waals surface area contributed by atoms with Gasteiger partial charge < -0.3 is 20.2 Å². The molecular weight excluding hydrogens is 374 g/mol. The zero-order valence-electron chi connectivity index (χ0n) is 18.8. The first-order valence-corrected chi connectivity index (χ1v) is 12.7. The van der Waals surface area contributed by atoms with Crippen LogP contribution in [0.4, 0.5) is 0 Å². The fourth-order valence-electron chi connectivity index (χ4n) is 7.08. The number of amides is 1. The van der Waals surface area contributed by atoms with Gasteiger partial charge in [-0.05, 0) is 75.5 Å². The van der Waals surface area contributed by atoms with E-state index in [1.165, 1.54) is 57.1 Å². The number of rotatable bonds is 4. The summed E-state index contributed by atoms with van der Waals surface area (Å²) in [6.45, 7) is 10.1. The van der Waals surface area contributed by atoms with E-state index < -0.39 is 5.60 Å². The molecule has 30 heavy (non-hydrogen) atoms. The Balaban J connectivity index is 1.11. The van der Waals surface area contributed by atoms with Crippen molar-refractivity contribution in [1.82, 2.24) is 15.1 Å². The molecule has 3 saturated carbocycles. The SMILES string of the molecule is C=C(C1CCC(C2CCC3CCCC3N2)CC1C)N1CCN(C(=O)C2(O)CC2)CC1. The number of piperazine rings is 1. The van der Waals surface area contributed by atoms with Gasteiger partial charge in [-0.15, -0.1) is 0 Å². The second-order valence-electron chi connectivity index (χ2n) is 11.1. The van der Waals surface area contributed by atoms with Gasteiger partial charge in [-0.25, -0.2) is 0 Å². The highest BCUT2D eigenvalue weighted by Gasteiger charge is 2.50. The highest BCUT2D eigenvalue weighted by Crippen LogP contribution is 2.43. The maximum atomic E-state index is 12.4. The number of carbonyl (C=O) groups is 1. The van der Waals surface area contributed by atoms with Crippen LogP contribution in [0, 0.1) is 23.7 Å². The smallest absolute Gasteiger partial charge is 0.254 e. The highest BCUT2D eigenvalue weighted by molar-refractivity contribution is 5.87. The van der Waals surface area contributed by atoms with Crippen molar-refractivity contribution in [2.24, 2.45) is 23.7 Å². The van der Waals surface area contributed by atoms with Crippen LogP contribution in [-0.2, 0) is 4.79 Å². The number of nitrogens with one attached hydrogen (secondary N) is 1. The van der Waals surface area contributed by atoms with Gasteiger partial charge >= 0.3 is 0 Å². The van der Waals surface area contributed by atoms with Crippen LogP contribution >= 0.6 is 0 Å². The Morgan fingerprint density at radius 3 is 2.30 bits per heavy atom. The summed E-state index contributed by atoms with van der Waals surface area (Å²) in [6, 6.07) is 1.54. The largest absolute Gasteiger partial charge is 0.380 e. The van der Waals surface area contributed by atoms with Crippen LogP contribution < -0.4 is 5.32 Å². The Morgan fingerprint density at radius 1 is 0.933 bits per heavy atom. The number of hydrogen-bond acceptors (Lipinski definition) is 4. The van der Waals surface area contributed by atoms with Gasteiger partial charge in [-0.2, -0.15) is 0 Å². The van der Waals surface area contributed by atoms with E-state index in [4.69, 9.17) is 0 Å². The highest BCUT2D eigenvalue weighted by atomic mass is 16.3. The Labute approximate surface area is 182 Å². The third kappa shape index (κ3) is 3.92. The van der Waals surface area contributed by atoms with Crippen LogP contribution in [0.5, 0.6) is 0 Å². The number of allylic oxidation sites excluding steroid dienone is 1. The standard InChI is InChI=1S/C25H41N3O2/c1-17-16-20(23-9-7-19-4-3-5-22(19)26-23)6-8-21(17)18(2)27-12-14-28(15-13-27)24(29)25(30)10-11-25/h17,19-23,26,30H,2-16H2,1H3. The number of nitrogens with zero attached hydrogens (tertiary/aromatic N) is 2. The van der Waals surface area contributed by atoms with Gasteiger partial charge in [0.15, 0.2) is 0 Å². The molecule has 0 aromatic heterocycles. The lowest BCUT2D eigenvalue weighted by molar-refractivity contribution is -0.144. The van der Waals surface area contributed by atoms with Crippen molar-refractivity contribution < 1.29 is 9.90 Å². The molecule has 0 spiro atoms. The first-order chi connectivity index (χ1) is 14.4. The molecule has 5 rings (SSSR count). The summed E-state index contributed by atoms with van der Waals surface area (Å²) in [5.74, 6) is 3.01. The molecule has 0 radical (unpaired) electrons. The van der Waals surface area contributed by atoms with Gasteiger partial charge in [-0.3, -0.25) is 4.79 Å². The molecule has 0 aromatic rings. The minimum Gasteiger partial charge on any atom is -0.380 e. The molecule has 5 heteroatoms. The van der Waals surface area contributed by atoms with Crippen molar-refractivity contribution in [3.05, 3.63) is 12.3 Å². The number of fused-ring (bicyclic) bond motifs is 1. The molecule has 168 valence electrons. The molecule has 2 heterocycles. The Bertz CT molecular complexity index is 667. The van der Waals surface area contributed by atoms with Gasteiger partial charge in [0, 0.05) is 49.9 Å². The molecule has 3 aliphatic carbocycles. The van der Waals surface area contributed by atoms with E-state index >= 15 is 0 Å². The molecule has 2 N–H and O–H groups in total. The average molecular weight is 416 g/mol. The Morgan fingerprint density at radius 2 is 1.60 bits per heavy atom. The summed E-state index contributed by atoms with van der Waals surface area (Å²) in [4.78, 5) is 16.7. The minimum absolute atomic E-state index is 0.0499. The van der Waals surface area contributed by atoms with Gasteiger partial charge in [0.1, 0.15) is 5.60 Å². The lowest BCUT2D eigenvalue weighted by atomic mass is 9.69. The van der Waals surface area contributed by atoms with Crippen molar-refractivity contribution in [3.8, 4) is 0 Å². The van der Waals surface area contributed by atoms with Crippen molar-refractivity contribution in [2.45, 2.75) is 88.8 Å². The summed E-state index contributed by atoms with van der Waals surface area (Å²) in [6.07, 6.45) is 12.3. The number of piperidine rings is 1. The van der Waals surface area contributed by atoms with Crippen LogP contribution in [-0.4, -0.2) is 64.7 Å². The van der Waals surface area contributed by atoms with Crippen LogP contribution in [0.1, 0.15) is 71.1 Å². The molecule has 5 aliphatic rings. The predicted octanol–water partition coefficient (Wildman–Crippen LogP) is 3.14. The van der Waals surface area contributed by atoms with Crippen molar-refractivity contribution in [2.75, 3.05) is 26.2 Å². The van der Waals surface area contributed by atoms with Gasteiger partial charge in [0.2, 0.25) is 0 Å². The van der Waals surface area contributed by atoms with Crippen LogP contribution in [0.3, 0.4) is 0 Å².